The second-order valence-electron chi connectivity index (χ2n) is 4.34. The maximum atomic E-state index is 12.3. The van der Waals surface area contributed by atoms with E-state index in [9.17, 15) is 4.79 Å². The second-order valence-corrected chi connectivity index (χ2v) is 5.33. The van der Waals surface area contributed by atoms with E-state index in [2.05, 4.69) is 0 Å². The highest BCUT2D eigenvalue weighted by Gasteiger charge is 2.49. The van der Waals surface area contributed by atoms with Crippen molar-refractivity contribution in [2.45, 2.75) is 10.4 Å². The zero-order valence-electron chi connectivity index (χ0n) is 9.85. The lowest BCUT2D eigenvalue weighted by Crippen LogP contribution is -2.45. The summed E-state index contributed by atoms with van der Waals surface area (Å²) in [5.74, 6) is 0.241. The molecule has 1 aliphatic heterocycles. The van der Waals surface area contributed by atoms with E-state index >= 15 is 0 Å². The average molecular weight is 293 g/mol. The van der Waals surface area contributed by atoms with E-state index in [0.717, 1.165) is 0 Å². The van der Waals surface area contributed by atoms with Crippen LogP contribution in [0, 0.1) is 0 Å². The number of ketones is 1. The van der Waals surface area contributed by atoms with E-state index in [1.54, 1.807) is 36.4 Å². The fourth-order valence-corrected chi connectivity index (χ4v) is 2.74. The van der Waals surface area contributed by atoms with E-state index < -0.39 is 10.4 Å². The van der Waals surface area contributed by atoms with Crippen molar-refractivity contribution in [3.05, 3.63) is 65.7 Å². The Labute approximate surface area is 120 Å². The molecule has 96 valence electrons. The zero-order valence-corrected chi connectivity index (χ0v) is 11.4. The number of ether oxygens (including phenoxy) is 1. The molecule has 1 heterocycles. The van der Waals surface area contributed by atoms with Crippen LogP contribution in [0.1, 0.15) is 15.9 Å². The first kappa shape index (κ1) is 12.5. The van der Waals surface area contributed by atoms with Crippen LogP contribution in [0.2, 0.25) is 0 Å². The molecule has 0 saturated heterocycles. The third kappa shape index (κ3) is 1.92. The van der Waals surface area contributed by atoms with Crippen LogP contribution in [0.4, 0.5) is 0 Å². The van der Waals surface area contributed by atoms with E-state index in [4.69, 9.17) is 27.9 Å². The quantitative estimate of drug-likeness (QED) is 0.744. The minimum Gasteiger partial charge on any atom is -0.465 e. The van der Waals surface area contributed by atoms with Gasteiger partial charge in [-0.2, -0.15) is 0 Å². The summed E-state index contributed by atoms with van der Waals surface area (Å²) >= 11 is 12.7. The first-order valence-corrected chi connectivity index (χ1v) is 6.65. The van der Waals surface area contributed by atoms with Crippen molar-refractivity contribution in [3.63, 3.8) is 0 Å². The molecule has 0 saturated carbocycles. The van der Waals surface area contributed by atoms with Crippen molar-refractivity contribution in [1.82, 2.24) is 0 Å². The van der Waals surface area contributed by atoms with Gasteiger partial charge in [0.25, 0.3) is 0 Å². The monoisotopic (exact) mass is 292 g/mol. The summed E-state index contributed by atoms with van der Waals surface area (Å²) in [5.41, 5.74) is 1.13. The van der Waals surface area contributed by atoms with Crippen molar-refractivity contribution < 1.29 is 9.53 Å². The predicted octanol–water partition coefficient (Wildman–Crippen LogP) is 3.96. The Kier molecular flexibility index (Phi) is 3.00. The van der Waals surface area contributed by atoms with E-state index in [1.165, 1.54) is 0 Å². The first-order valence-electron chi connectivity index (χ1n) is 5.83. The van der Waals surface area contributed by atoms with Gasteiger partial charge in [0.1, 0.15) is 5.75 Å². The molecular formula is C15H10Cl2O2. The van der Waals surface area contributed by atoms with Crippen LogP contribution in [0.3, 0.4) is 0 Å². The summed E-state index contributed by atoms with van der Waals surface area (Å²) < 4.78 is 5.80. The minimum absolute atomic E-state index is 0.220. The van der Waals surface area contributed by atoms with Crippen LogP contribution in [-0.2, 0) is 5.06 Å². The summed E-state index contributed by atoms with van der Waals surface area (Å²) in [5, 5.41) is -2.33. The van der Waals surface area contributed by atoms with Crippen molar-refractivity contribution in [2.75, 3.05) is 0 Å². The van der Waals surface area contributed by atoms with Gasteiger partial charge in [0, 0.05) is 5.56 Å². The van der Waals surface area contributed by atoms with Crippen molar-refractivity contribution in [3.8, 4) is 5.75 Å². The third-order valence-corrected chi connectivity index (χ3v) is 4.27. The third-order valence-electron chi connectivity index (χ3n) is 3.13. The van der Waals surface area contributed by atoms with Gasteiger partial charge in [-0.15, -0.1) is 11.6 Å². The molecule has 0 aromatic heterocycles. The largest absolute Gasteiger partial charge is 0.465 e. The molecule has 2 nitrogen and oxygen atoms in total. The number of carbonyl (C=O) groups excluding carboxylic acids is 1. The second kappa shape index (κ2) is 4.55. The molecule has 2 aromatic carbocycles. The highest BCUT2D eigenvalue weighted by molar-refractivity contribution is 6.41. The molecule has 0 fully saturated rings. The summed E-state index contributed by atoms with van der Waals surface area (Å²) in [6.45, 7) is 0. The number of hydrogen-bond donors (Lipinski definition) is 0. The van der Waals surface area contributed by atoms with Crippen LogP contribution < -0.4 is 4.74 Å². The number of para-hydroxylation sites is 1. The highest BCUT2D eigenvalue weighted by atomic mass is 35.5. The first-order chi connectivity index (χ1) is 9.13. The van der Waals surface area contributed by atoms with Gasteiger partial charge in [-0.05, 0) is 12.1 Å². The SMILES string of the molecule is O=C1c2ccccc2O[C@](Cl)(c2ccccc2)[C@@H]1Cl. The number of benzene rings is 2. The molecule has 19 heavy (non-hydrogen) atoms. The van der Waals surface area contributed by atoms with Gasteiger partial charge in [-0.25, -0.2) is 0 Å². The van der Waals surface area contributed by atoms with Crippen LogP contribution in [0.15, 0.2) is 54.6 Å². The molecule has 1 aliphatic rings. The Bertz CT molecular complexity index is 627. The Morgan fingerprint density at radius 3 is 2.37 bits per heavy atom. The Balaban J connectivity index is 2.13. The van der Waals surface area contributed by atoms with E-state index in [-0.39, 0.29) is 5.78 Å². The molecule has 3 rings (SSSR count). The fraction of sp³-hybridized carbons (Fsp3) is 0.133. The smallest absolute Gasteiger partial charge is 0.231 e. The van der Waals surface area contributed by atoms with E-state index in [0.29, 0.717) is 16.9 Å². The number of carbonyl (C=O) groups is 1. The summed E-state index contributed by atoms with van der Waals surface area (Å²) in [6, 6.07) is 16.1. The Hall–Kier alpha value is -1.51. The maximum Gasteiger partial charge on any atom is 0.231 e. The van der Waals surface area contributed by atoms with Crippen LogP contribution >= 0.6 is 23.2 Å². The Morgan fingerprint density at radius 1 is 1.00 bits per heavy atom. The topological polar surface area (TPSA) is 26.3 Å². The number of halogens is 2. The molecule has 0 N–H and O–H groups in total. The molecular weight excluding hydrogens is 283 g/mol. The van der Waals surface area contributed by atoms with Gasteiger partial charge in [0.05, 0.1) is 5.56 Å². The number of Topliss-reactive ketones (excluding diaryl/α,β-unsaturated/α-hetero) is 1. The van der Waals surface area contributed by atoms with Crippen LogP contribution in [0.5, 0.6) is 5.75 Å². The number of hydrogen-bond acceptors (Lipinski definition) is 2. The predicted molar refractivity (Wildman–Crippen MR) is 75.0 cm³/mol. The van der Waals surface area contributed by atoms with Gasteiger partial charge in [0.15, 0.2) is 11.2 Å². The molecule has 0 unspecified atom stereocenters. The van der Waals surface area contributed by atoms with Gasteiger partial charge in [0.2, 0.25) is 5.06 Å². The zero-order chi connectivity index (χ0) is 13.5. The molecule has 0 radical (unpaired) electrons. The van der Waals surface area contributed by atoms with Gasteiger partial charge in [-0.1, -0.05) is 54.1 Å². The summed E-state index contributed by atoms with van der Waals surface area (Å²) in [4.78, 5) is 12.3. The summed E-state index contributed by atoms with van der Waals surface area (Å²) in [7, 11) is 0. The lowest BCUT2D eigenvalue weighted by molar-refractivity contribution is 0.0783. The standard InChI is InChI=1S/C15H10Cl2O2/c16-14-13(18)11-8-4-5-9-12(11)19-15(14,17)10-6-2-1-3-7-10/h1-9,14H/t14-,15-/m1/s1. The number of rotatable bonds is 1. The van der Waals surface area contributed by atoms with Gasteiger partial charge < -0.3 is 4.74 Å². The highest BCUT2D eigenvalue weighted by Crippen LogP contribution is 2.44. The molecule has 0 aliphatic carbocycles. The molecule has 0 spiro atoms. The lowest BCUT2D eigenvalue weighted by Gasteiger charge is -2.36. The molecule has 0 amide bonds. The van der Waals surface area contributed by atoms with Crippen molar-refractivity contribution in [1.29, 1.82) is 0 Å². The van der Waals surface area contributed by atoms with Crippen LogP contribution in [0.25, 0.3) is 0 Å². The normalized spacial score (nSPS) is 25.6. The molecule has 4 heteroatoms. The van der Waals surface area contributed by atoms with Crippen LogP contribution in [-0.4, -0.2) is 11.2 Å². The Morgan fingerprint density at radius 2 is 1.63 bits per heavy atom. The number of fused-ring (bicyclic) bond motifs is 1. The van der Waals surface area contributed by atoms with Crippen molar-refractivity contribution >= 4 is 29.0 Å². The average Bonchev–Trinajstić information content (AvgIpc) is 2.46. The lowest BCUT2D eigenvalue weighted by atomic mass is 9.95. The molecule has 2 aromatic rings. The van der Waals surface area contributed by atoms with Crippen molar-refractivity contribution in [2.24, 2.45) is 0 Å². The number of alkyl halides is 2. The van der Waals surface area contributed by atoms with E-state index in [1.807, 2.05) is 18.2 Å². The molecule has 0 bridgehead atoms. The van der Waals surface area contributed by atoms with Gasteiger partial charge in [-0.3, -0.25) is 4.79 Å². The minimum atomic E-state index is -1.37. The molecule has 2 atom stereocenters. The van der Waals surface area contributed by atoms with Gasteiger partial charge >= 0.3 is 0 Å². The maximum absolute atomic E-state index is 12.3. The summed E-state index contributed by atoms with van der Waals surface area (Å²) in [6.07, 6.45) is 0. The fourth-order valence-electron chi connectivity index (χ4n) is 2.15.